The van der Waals surface area contributed by atoms with Crippen molar-refractivity contribution >= 4 is 39.7 Å². The van der Waals surface area contributed by atoms with Crippen LogP contribution in [0.3, 0.4) is 0 Å². The van der Waals surface area contributed by atoms with Crippen LogP contribution in [0.5, 0.6) is 0 Å². The number of likely N-dealkylation sites (tertiary alicyclic amines) is 1. The quantitative estimate of drug-likeness (QED) is 0.422. The molecular formula is C28H34N3O2S+. The summed E-state index contributed by atoms with van der Waals surface area (Å²) in [6.45, 7) is 6.59. The summed E-state index contributed by atoms with van der Waals surface area (Å²) in [6.07, 6.45) is 9.68. The fraction of sp³-hybridized carbons (Fsp3) is 0.393. The number of allylic oxidation sites excluding steroid dienone is 3. The average molecular weight is 477 g/mol. The van der Waals surface area contributed by atoms with E-state index in [4.69, 9.17) is 12.2 Å². The number of fused-ring (bicyclic) bond motifs is 1. The maximum absolute atomic E-state index is 13.5. The number of hydrogen-bond acceptors (Lipinski definition) is 3. The minimum absolute atomic E-state index is 0.123. The van der Waals surface area contributed by atoms with Crippen LogP contribution in [-0.4, -0.2) is 46.9 Å². The Morgan fingerprint density at radius 1 is 1.06 bits per heavy atom. The maximum atomic E-state index is 13.5. The lowest BCUT2D eigenvalue weighted by atomic mass is 10.0. The van der Waals surface area contributed by atoms with Gasteiger partial charge in [0, 0.05) is 35.3 Å². The summed E-state index contributed by atoms with van der Waals surface area (Å²) in [7, 11) is 0. The van der Waals surface area contributed by atoms with E-state index >= 15 is 0 Å². The molecule has 2 amide bonds. The summed E-state index contributed by atoms with van der Waals surface area (Å²) >= 11 is 5.58. The smallest absolute Gasteiger partial charge is 0.287 e. The third-order valence-corrected chi connectivity index (χ3v) is 7.11. The van der Waals surface area contributed by atoms with Crippen LogP contribution in [0.4, 0.5) is 0 Å². The lowest BCUT2D eigenvalue weighted by molar-refractivity contribution is -0.946. The summed E-state index contributed by atoms with van der Waals surface area (Å²) in [5.41, 5.74) is 5.00. The molecule has 0 spiro atoms. The van der Waals surface area contributed by atoms with Gasteiger partial charge in [0.1, 0.15) is 25.7 Å². The molecule has 1 fully saturated rings. The molecule has 1 saturated heterocycles. The monoisotopic (exact) mass is 476 g/mol. The number of carbonyl (C=O) groups excluding carboxylic acids is 2. The Balaban J connectivity index is 1.50. The summed E-state index contributed by atoms with van der Waals surface area (Å²) in [6, 6.07) is 13.0. The van der Waals surface area contributed by atoms with Gasteiger partial charge >= 0.3 is 0 Å². The Morgan fingerprint density at radius 2 is 1.79 bits per heavy atom. The van der Waals surface area contributed by atoms with Crippen LogP contribution in [0.2, 0.25) is 0 Å². The first kappa shape index (κ1) is 24.3. The average Bonchev–Trinajstić information content (AvgIpc) is 3.27. The highest BCUT2D eigenvalue weighted by Gasteiger charge is 2.38. The normalized spacial score (nSPS) is 18.1. The van der Waals surface area contributed by atoms with Gasteiger partial charge in [0.15, 0.2) is 0 Å². The van der Waals surface area contributed by atoms with E-state index < -0.39 is 6.04 Å². The first-order valence-corrected chi connectivity index (χ1v) is 12.6. The molecule has 2 aliphatic rings. The minimum atomic E-state index is -0.596. The van der Waals surface area contributed by atoms with Gasteiger partial charge in [-0.2, -0.15) is 5.43 Å². The number of nitrogens with zero attached hydrogens (tertiary/aromatic N) is 1. The number of thiocarbonyl (C=S) groups is 1. The molecule has 1 atom stereocenters. The molecule has 2 N–H and O–H groups in total. The Morgan fingerprint density at radius 3 is 2.50 bits per heavy atom. The van der Waals surface area contributed by atoms with Crippen LogP contribution in [0, 0.1) is 5.92 Å². The van der Waals surface area contributed by atoms with Gasteiger partial charge in [-0.3, -0.25) is 9.59 Å². The lowest BCUT2D eigenvalue weighted by Gasteiger charge is -2.36. The highest BCUT2D eigenvalue weighted by molar-refractivity contribution is 7.80. The van der Waals surface area contributed by atoms with Gasteiger partial charge in [-0.25, -0.2) is 4.59 Å². The van der Waals surface area contributed by atoms with E-state index in [0.717, 1.165) is 53.6 Å². The van der Waals surface area contributed by atoms with Crippen molar-refractivity contribution in [3.63, 3.8) is 0 Å². The number of benzene rings is 2. The second-order valence-electron chi connectivity index (χ2n) is 9.90. The highest BCUT2D eigenvalue weighted by atomic mass is 32.1. The van der Waals surface area contributed by atoms with Crippen LogP contribution in [0.25, 0.3) is 10.8 Å². The molecule has 178 valence electrons. The van der Waals surface area contributed by atoms with Crippen molar-refractivity contribution in [2.45, 2.75) is 45.6 Å². The lowest BCUT2D eigenvalue weighted by Crippen LogP contribution is -2.63. The van der Waals surface area contributed by atoms with Gasteiger partial charge < -0.3 is 5.32 Å². The van der Waals surface area contributed by atoms with E-state index in [9.17, 15) is 9.59 Å². The molecule has 4 rings (SSSR count). The zero-order chi connectivity index (χ0) is 24.1. The maximum Gasteiger partial charge on any atom is 0.287 e. The molecule has 6 heteroatoms. The molecule has 0 saturated carbocycles. The molecular weight excluding hydrogens is 442 g/mol. The van der Waals surface area contributed by atoms with Crippen molar-refractivity contribution in [3.8, 4) is 0 Å². The van der Waals surface area contributed by atoms with Crippen molar-refractivity contribution in [3.05, 3.63) is 71.8 Å². The van der Waals surface area contributed by atoms with Crippen LogP contribution < -0.4 is 10.7 Å². The summed E-state index contributed by atoms with van der Waals surface area (Å²) < 4.78 is 0.499. The Bertz CT molecular complexity index is 1150. The molecule has 34 heavy (non-hydrogen) atoms. The standard InChI is InChI=1S/C28H33N3O2S/c1-20(2)17-25(29-27(32)23-14-13-21-9-3-4-10-22(21)18-23)28(33)30-31(15-7-8-16-31)19-24-11-5-6-12-26(24)34/h3-6,9-11,13-14,18,20,25H,7-8,12,15-17,19H2,1-2H3,(H-,29,30,32,33)/p+1/t25-/m0/s1. The fourth-order valence-corrected chi connectivity index (χ4v) is 5.12. The van der Waals surface area contributed by atoms with E-state index in [0.29, 0.717) is 23.1 Å². The van der Waals surface area contributed by atoms with Crippen molar-refractivity contribution < 1.29 is 14.2 Å². The Hall–Kier alpha value is -2.83. The summed E-state index contributed by atoms with van der Waals surface area (Å²) in [5.74, 6) is -0.0816. The van der Waals surface area contributed by atoms with Gasteiger partial charge in [0.05, 0.1) is 0 Å². The van der Waals surface area contributed by atoms with Gasteiger partial charge in [-0.15, -0.1) is 0 Å². The predicted molar refractivity (Wildman–Crippen MR) is 141 cm³/mol. The third-order valence-electron chi connectivity index (χ3n) is 6.68. The molecule has 1 aliphatic heterocycles. The highest BCUT2D eigenvalue weighted by Crippen LogP contribution is 2.23. The molecule has 0 aromatic heterocycles. The van der Waals surface area contributed by atoms with Crippen LogP contribution in [0.15, 0.2) is 66.3 Å². The molecule has 2 aromatic rings. The van der Waals surface area contributed by atoms with Crippen LogP contribution in [0.1, 0.15) is 49.9 Å². The molecule has 0 radical (unpaired) electrons. The Kier molecular flexibility index (Phi) is 7.59. The second kappa shape index (κ2) is 10.6. The summed E-state index contributed by atoms with van der Waals surface area (Å²) in [4.78, 5) is 27.6. The number of carbonyl (C=O) groups is 2. The molecule has 2 aromatic carbocycles. The number of hydrogen-bond donors (Lipinski definition) is 2. The van der Waals surface area contributed by atoms with E-state index in [2.05, 4.69) is 36.7 Å². The fourth-order valence-electron chi connectivity index (χ4n) is 4.89. The molecule has 5 nitrogen and oxygen atoms in total. The van der Waals surface area contributed by atoms with Crippen molar-refractivity contribution in [1.82, 2.24) is 10.7 Å². The van der Waals surface area contributed by atoms with Gasteiger partial charge in [0.25, 0.3) is 11.8 Å². The SMILES string of the molecule is CC(C)C[C@H](NC(=O)c1ccc2ccccc2c1)C(=O)N[N+]1(CC2=CC=CCC2=S)CCCC1. The van der Waals surface area contributed by atoms with Gasteiger partial charge in [-0.1, -0.05) is 74.6 Å². The number of nitrogens with one attached hydrogen (secondary N) is 2. The predicted octanol–water partition coefficient (Wildman–Crippen LogP) is 4.88. The number of rotatable bonds is 8. The van der Waals surface area contributed by atoms with Gasteiger partial charge in [0.2, 0.25) is 0 Å². The van der Waals surface area contributed by atoms with E-state index in [-0.39, 0.29) is 17.7 Å². The summed E-state index contributed by atoms with van der Waals surface area (Å²) in [5, 5.41) is 5.11. The molecule has 0 bridgehead atoms. The van der Waals surface area contributed by atoms with E-state index in [1.165, 1.54) is 0 Å². The van der Waals surface area contributed by atoms with Gasteiger partial charge in [-0.05, 0) is 35.2 Å². The van der Waals surface area contributed by atoms with Crippen LogP contribution in [-0.2, 0) is 4.79 Å². The minimum Gasteiger partial charge on any atom is -0.340 e. The van der Waals surface area contributed by atoms with Crippen LogP contribution >= 0.6 is 12.2 Å². The third kappa shape index (κ3) is 5.80. The first-order chi connectivity index (χ1) is 16.3. The van der Waals surface area contributed by atoms with Crippen molar-refractivity contribution in [2.75, 3.05) is 19.6 Å². The molecule has 1 aliphatic carbocycles. The number of amides is 2. The largest absolute Gasteiger partial charge is 0.340 e. The molecule has 0 unspecified atom stereocenters. The van der Waals surface area contributed by atoms with E-state index in [1.807, 2.05) is 48.5 Å². The zero-order valence-corrected chi connectivity index (χ0v) is 20.9. The van der Waals surface area contributed by atoms with Crippen molar-refractivity contribution in [1.29, 1.82) is 0 Å². The number of quaternary nitrogens is 1. The topological polar surface area (TPSA) is 58.2 Å². The van der Waals surface area contributed by atoms with E-state index in [1.54, 1.807) is 0 Å². The van der Waals surface area contributed by atoms with Crippen molar-refractivity contribution in [2.24, 2.45) is 5.92 Å². The first-order valence-electron chi connectivity index (χ1n) is 12.2. The second-order valence-corrected chi connectivity index (χ2v) is 10.4. The zero-order valence-electron chi connectivity index (χ0n) is 20.0. The molecule has 1 heterocycles. The Labute approximate surface area is 207 Å².